The number of hydrogen-bond donors (Lipinski definition) is 1. The van der Waals surface area contributed by atoms with Crippen molar-refractivity contribution in [1.82, 2.24) is 24.8 Å². The zero-order valence-corrected chi connectivity index (χ0v) is 13.1. The average Bonchev–Trinajstić information content (AvgIpc) is 2.61. The second-order valence-electron chi connectivity index (χ2n) is 5.60. The second-order valence-corrected chi connectivity index (χ2v) is 5.60. The minimum atomic E-state index is -0.0371. The molecule has 1 fully saturated rings. The molecule has 2 aromatic heterocycles. The largest absolute Gasteiger partial charge is 0.366 e. The predicted molar refractivity (Wildman–Crippen MR) is 87.0 cm³/mol. The fraction of sp³-hybridized carbons (Fsp3) is 0.375. The van der Waals surface area contributed by atoms with Crippen molar-refractivity contribution in [3.63, 3.8) is 0 Å². The molecule has 1 amide bonds. The third kappa shape index (κ3) is 4.01. The van der Waals surface area contributed by atoms with Gasteiger partial charge in [-0.25, -0.2) is 9.97 Å². The standard InChI is InChI=1S/C16H20N6O/c1-21-5-7-22(8-6-21)16(23)14-9-15(20-12-19-14)18-11-13-3-2-4-17-10-13/h2-4,9-10,12H,5-8,11H2,1H3,(H,18,19,20). The molecule has 3 heterocycles. The molecule has 7 heteroatoms. The smallest absolute Gasteiger partial charge is 0.272 e. The normalized spacial score (nSPS) is 15.4. The summed E-state index contributed by atoms with van der Waals surface area (Å²) in [6.45, 7) is 3.86. The molecule has 1 saturated heterocycles. The average molecular weight is 312 g/mol. The van der Waals surface area contributed by atoms with E-state index in [4.69, 9.17) is 0 Å². The van der Waals surface area contributed by atoms with E-state index in [1.165, 1.54) is 6.33 Å². The van der Waals surface area contributed by atoms with Crippen molar-refractivity contribution in [2.24, 2.45) is 0 Å². The number of aromatic nitrogens is 3. The van der Waals surface area contributed by atoms with Gasteiger partial charge in [0, 0.05) is 51.2 Å². The monoisotopic (exact) mass is 312 g/mol. The van der Waals surface area contributed by atoms with Gasteiger partial charge in [-0.3, -0.25) is 9.78 Å². The second kappa shape index (κ2) is 7.15. The van der Waals surface area contributed by atoms with Gasteiger partial charge in [0.05, 0.1) is 0 Å². The number of amides is 1. The van der Waals surface area contributed by atoms with Crippen molar-refractivity contribution < 1.29 is 4.79 Å². The van der Waals surface area contributed by atoms with Crippen LogP contribution in [0, 0.1) is 0 Å². The number of nitrogens with zero attached hydrogens (tertiary/aromatic N) is 5. The highest BCUT2D eigenvalue weighted by Gasteiger charge is 2.21. The van der Waals surface area contributed by atoms with Crippen molar-refractivity contribution in [3.05, 3.63) is 48.2 Å². The van der Waals surface area contributed by atoms with Crippen LogP contribution < -0.4 is 5.32 Å². The number of nitrogens with one attached hydrogen (secondary N) is 1. The lowest BCUT2D eigenvalue weighted by molar-refractivity contribution is 0.0658. The third-order valence-electron chi connectivity index (χ3n) is 3.87. The van der Waals surface area contributed by atoms with Crippen molar-refractivity contribution in [2.75, 3.05) is 38.5 Å². The molecule has 7 nitrogen and oxygen atoms in total. The number of carbonyl (C=O) groups is 1. The maximum Gasteiger partial charge on any atom is 0.272 e. The first-order chi connectivity index (χ1) is 11.2. The molecule has 23 heavy (non-hydrogen) atoms. The zero-order valence-electron chi connectivity index (χ0n) is 13.1. The molecule has 0 spiro atoms. The van der Waals surface area contributed by atoms with E-state index < -0.39 is 0 Å². The molecule has 0 bridgehead atoms. The molecule has 0 saturated carbocycles. The van der Waals surface area contributed by atoms with E-state index in [2.05, 4.69) is 32.2 Å². The number of likely N-dealkylation sites (N-methyl/N-ethyl adjacent to an activating group) is 1. The van der Waals surface area contributed by atoms with Crippen molar-refractivity contribution >= 4 is 11.7 Å². The van der Waals surface area contributed by atoms with Gasteiger partial charge in [0.25, 0.3) is 5.91 Å². The van der Waals surface area contributed by atoms with Gasteiger partial charge >= 0.3 is 0 Å². The van der Waals surface area contributed by atoms with Gasteiger partial charge in [0.2, 0.25) is 0 Å². The molecular formula is C16H20N6O. The Balaban J connectivity index is 1.64. The minimum Gasteiger partial charge on any atom is -0.366 e. The topological polar surface area (TPSA) is 74.2 Å². The maximum absolute atomic E-state index is 12.5. The summed E-state index contributed by atoms with van der Waals surface area (Å²) in [4.78, 5) is 28.9. The van der Waals surface area contributed by atoms with Gasteiger partial charge in [0.1, 0.15) is 17.8 Å². The van der Waals surface area contributed by atoms with E-state index in [-0.39, 0.29) is 5.91 Å². The Morgan fingerprint density at radius 1 is 1.26 bits per heavy atom. The fourth-order valence-electron chi connectivity index (χ4n) is 2.44. The third-order valence-corrected chi connectivity index (χ3v) is 3.87. The van der Waals surface area contributed by atoms with Gasteiger partial charge < -0.3 is 15.1 Å². The number of rotatable bonds is 4. The molecule has 3 rings (SSSR count). The summed E-state index contributed by atoms with van der Waals surface area (Å²) in [6, 6.07) is 5.58. The Bertz CT molecular complexity index is 655. The van der Waals surface area contributed by atoms with Crippen LogP contribution >= 0.6 is 0 Å². The Labute approximate surface area is 135 Å². The molecule has 120 valence electrons. The molecule has 0 aromatic carbocycles. The fourth-order valence-corrected chi connectivity index (χ4v) is 2.44. The van der Waals surface area contributed by atoms with Crippen molar-refractivity contribution in [3.8, 4) is 0 Å². The van der Waals surface area contributed by atoms with Crippen LogP contribution in [-0.4, -0.2) is 63.9 Å². The van der Waals surface area contributed by atoms with Crippen LogP contribution in [0.2, 0.25) is 0 Å². The molecule has 1 aliphatic heterocycles. The quantitative estimate of drug-likeness (QED) is 0.903. The first kappa shape index (κ1) is 15.4. The molecule has 1 N–H and O–H groups in total. The summed E-state index contributed by atoms with van der Waals surface area (Å²) in [7, 11) is 2.06. The Kier molecular flexibility index (Phi) is 4.77. The highest BCUT2D eigenvalue weighted by atomic mass is 16.2. The van der Waals surface area contributed by atoms with Gasteiger partial charge in [-0.1, -0.05) is 6.07 Å². The lowest BCUT2D eigenvalue weighted by Crippen LogP contribution is -2.47. The summed E-state index contributed by atoms with van der Waals surface area (Å²) in [5, 5.41) is 3.20. The highest BCUT2D eigenvalue weighted by Crippen LogP contribution is 2.10. The molecule has 0 radical (unpaired) electrons. The van der Waals surface area contributed by atoms with Gasteiger partial charge in [0.15, 0.2) is 0 Å². The summed E-state index contributed by atoms with van der Waals surface area (Å²) >= 11 is 0. The van der Waals surface area contributed by atoms with Crippen LogP contribution in [0.15, 0.2) is 36.9 Å². The molecular weight excluding hydrogens is 292 g/mol. The summed E-state index contributed by atoms with van der Waals surface area (Å²) in [5.74, 6) is 0.603. The van der Waals surface area contributed by atoms with Gasteiger partial charge in [-0.15, -0.1) is 0 Å². The molecule has 0 atom stereocenters. The van der Waals surface area contributed by atoms with E-state index in [1.807, 2.05) is 17.0 Å². The number of pyridine rings is 1. The van der Waals surface area contributed by atoms with Crippen LogP contribution in [0.4, 0.5) is 5.82 Å². The summed E-state index contributed by atoms with van der Waals surface area (Å²) in [5.41, 5.74) is 1.48. The van der Waals surface area contributed by atoms with Gasteiger partial charge in [-0.05, 0) is 18.7 Å². The van der Waals surface area contributed by atoms with Gasteiger partial charge in [-0.2, -0.15) is 0 Å². The number of carbonyl (C=O) groups excluding carboxylic acids is 1. The van der Waals surface area contributed by atoms with E-state index in [0.29, 0.717) is 18.1 Å². The highest BCUT2D eigenvalue weighted by molar-refractivity contribution is 5.93. The Morgan fingerprint density at radius 3 is 2.83 bits per heavy atom. The van der Waals surface area contributed by atoms with Crippen molar-refractivity contribution in [2.45, 2.75) is 6.54 Å². The van der Waals surface area contributed by atoms with Crippen LogP contribution in [0.3, 0.4) is 0 Å². The molecule has 1 aliphatic rings. The molecule has 0 aliphatic carbocycles. The SMILES string of the molecule is CN1CCN(C(=O)c2cc(NCc3cccnc3)ncn2)CC1. The summed E-state index contributed by atoms with van der Waals surface area (Å²) < 4.78 is 0. The van der Waals surface area contributed by atoms with E-state index in [0.717, 1.165) is 31.7 Å². The van der Waals surface area contributed by atoms with E-state index in [1.54, 1.807) is 18.5 Å². The Morgan fingerprint density at radius 2 is 2.09 bits per heavy atom. The number of anilines is 1. The molecule has 2 aromatic rings. The predicted octanol–water partition coefficient (Wildman–Crippen LogP) is 0.871. The first-order valence-corrected chi connectivity index (χ1v) is 7.65. The minimum absolute atomic E-state index is 0.0371. The number of hydrogen-bond acceptors (Lipinski definition) is 6. The zero-order chi connectivity index (χ0) is 16.1. The lowest BCUT2D eigenvalue weighted by atomic mass is 10.2. The van der Waals surface area contributed by atoms with Crippen LogP contribution in [0.1, 0.15) is 16.1 Å². The van der Waals surface area contributed by atoms with E-state index in [9.17, 15) is 4.79 Å². The molecule has 0 unspecified atom stereocenters. The van der Waals surface area contributed by atoms with Crippen LogP contribution in [-0.2, 0) is 6.54 Å². The van der Waals surface area contributed by atoms with E-state index >= 15 is 0 Å². The summed E-state index contributed by atoms with van der Waals surface area (Å²) in [6.07, 6.45) is 4.96. The van der Waals surface area contributed by atoms with Crippen LogP contribution in [0.5, 0.6) is 0 Å². The Hall–Kier alpha value is -2.54. The van der Waals surface area contributed by atoms with Crippen molar-refractivity contribution in [1.29, 1.82) is 0 Å². The first-order valence-electron chi connectivity index (χ1n) is 7.65. The number of piperazine rings is 1. The maximum atomic E-state index is 12.5. The lowest BCUT2D eigenvalue weighted by Gasteiger charge is -2.32. The van der Waals surface area contributed by atoms with Crippen LogP contribution in [0.25, 0.3) is 0 Å².